The lowest BCUT2D eigenvalue weighted by atomic mass is 10.3. The number of halogens is 1. The summed E-state index contributed by atoms with van der Waals surface area (Å²) in [4.78, 5) is 10.9. The fourth-order valence-electron chi connectivity index (χ4n) is 1.74. The van der Waals surface area contributed by atoms with Crippen molar-refractivity contribution in [1.29, 1.82) is 0 Å². The van der Waals surface area contributed by atoms with Crippen molar-refractivity contribution >= 4 is 21.9 Å². The molecule has 0 saturated heterocycles. The molecule has 0 aromatic heterocycles. The van der Waals surface area contributed by atoms with Gasteiger partial charge < -0.3 is 9.47 Å². The second kappa shape index (κ2) is 5.36. The summed E-state index contributed by atoms with van der Waals surface area (Å²) in [6, 6.07) is 7.62. The van der Waals surface area contributed by atoms with Crippen LogP contribution in [-0.4, -0.2) is 5.97 Å². The maximum absolute atomic E-state index is 10.9. The topological polar surface area (TPSA) is 35.5 Å². The maximum Gasteiger partial charge on any atom is 0.307 e. The summed E-state index contributed by atoms with van der Waals surface area (Å²) in [5.74, 6) is 1.87. The number of hydrogen-bond acceptors (Lipinski definition) is 3. The molecule has 0 unspecified atom stereocenters. The molecule has 1 aromatic carbocycles. The van der Waals surface area contributed by atoms with Crippen molar-refractivity contribution in [3.8, 4) is 5.75 Å². The van der Waals surface area contributed by atoms with Gasteiger partial charge in [0, 0.05) is 19.8 Å². The Morgan fingerprint density at radius 3 is 2.65 bits per heavy atom. The quantitative estimate of drug-likeness (QED) is 0.796. The monoisotopic (exact) mass is 296 g/mol. The van der Waals surface area contributed by atoms with E-state index in [2.05, 4.69) is 15.9 Å². The lowest BCUT2D eigenvalue weighted by molar-refractivity contribution is -0.137. The summed E-state index contributed by atoms with van der Waals surface area (Å²) >= 11 is 3.42. The first-order valence-electron chi connectivity index (χ1n) is 5.49. The normalized spacial score (nSPS) is 14.9. The molecule has 0 aliphatic heterocycles. The van der Waals surface area contributed by atoms with Crippen molar-refractivity contribution in [2.45, 2.75) is 26.2 Å². The molecular formula is C13H13BrO3. The third kappa shape index (κ3) is 3.09. The van der Waals surface area contributed by atoms with Gasteiger partial charge in [0.05, 0.1) is 4.47 Å². The number of carbonyl (C=O) groups excluding carboxylic acids is 1. The van der Waals surface area contributed by atoms with Crippen LogP contribution in [0.4, 0.5) is 0 Å². The molecule has 1 aromatic rings. The minimum absolute atomic E-state index is 0.296. The minimum Gasteiger partial charge on any atom is -0.457 e. The van der Waals surface area contributed by atoms with Crippen molar-refractivity contribution < 1.29 is 14.3 Å². The second-order valence-electron chi connectivity index (χ2n) is 3.83. The van der Waals surface area contributed by atoms with Crippen LogP contribution in [0.25, 0.3) is 0 Å². The molecule has 0 radical (unpaired) electrons. The summed E-state index contributed by atoms with van der Waals surface area (Å²) in [5.41, 5.74) is 0. The fraction of sp³-hybridized carbons (Fsp3) is 0.308. The molecule has 0 heterocycles. The molecule has 0 spiro atoms. The first-order valence-corrected chi connectivity index (χ1v) is 6.29. The third-order valence-corrected chi connectivity index (χ3v) is 3.11. The standard InChI is InChI=1S/C13H13BrO3/c1-9(15)16-12-7-4-8-13(12)17-11-6-3-2-5-10(11)14/h2-3,5-6H,4,7-8H2,1H3. The number of esters is 1. The first kappa shape index (κ1) is 12.2. The van der Waals surface area contributed by atoms with E-state index in [1.54, 1.807) is 0 Å². The van der Waals surface area contributed by atoms with Crippen molar-refractivity contribution in [1.82, 2.24) is 0 Å². The minimum atomic E-state index is -0.296. The van der Waals surface area contributed by atoms with E-state index in [1.807, 2.05) is 24.3 Å². The Hall–Kier alpha value is -1.29. The van der Waals surface area contributed by atoms with E-state index in [-0.39, 0.29) is 5.97 Å². The molecule has 4 heteroatoms. The van der Waals surface area contributed by atoms with Gasteiger partial charge in [0.2, 0.25) is 0 Å². The summed E-state index contributed by atoms with van der Waals surface area (Å²) < 4.78 is 11.8. The third-order valence-electron chi connectivity index (χ3n) is 2.46. The first-order chi connectivity index (χ1) is 8.16. The van der Waals surface area contributed by atoms with Gasteiger partial charge in [-0.15, -0.1) is 0 Å². The molecule has 2 rings (SSSR count). The van der Waals surface area contributed by atoms with Crippen LogP contribution in [0.15, 0.2) is 40.3 Å². The Kier molecular flexibility index (Phi) is 3.84. The summed E-state index contributed by atoms with van der Waals surface area (Å²) in [6.07, 6.45) is 2.53. The molecule has 0 saturated carbocycles. The second-order valence-corrected chi connectivity index (χ2v) is 4.68. The number of allylic oxidation sites excluding steroid dienone is 2. The number of ether oxygens (including phenoxy) is 2. The van der Waals surface area contributed by atoms with E-state index in [1.165, 1.54) is 6.92 Å². The van der Waals surface area contributed by atoms with E-state index in [0.29, 0.717) is 5.76 Å². The van der Waals surface area contributed by atoms with Gasteiger partial charge >= 0.3 is 5.97 Å². The molecule has 1 aliphatic rings. The van der Waals surface area contributed by atoms with Crippen LogP contribution in [0.5, 0.6) is 5.75 Å². The Bertz CT molecular complexity index is 465. The molecule has 0 amide bonds. The van der Waals surface area contributed by atoms with E-state index >= 15 is 0 Å². The largest absolute Gasteiger partial charge is 0.457 e. The van der Waals surface area contributed by atoms with E-state index < -0.39 is 0 Å². The molecule has 0 N–H and O–H groups in total. The van der Waals surface area contributed by atoms with Gasteiger partial charge in [-0.2, -0.15) is 0 Å². The van der Waals surface area contributed by atoms with Crippen LogP contribution < -0.4 is 4.74 Å². The van der Waals surface area contributed by atoms with Crippen molar-refractivity contribution in [3.63, 3.8) is 0 Å². The predicted octanol–water partition coefficient (Wildman–Crippen LogP) is 3.79. The predicted molar refractivity (Wildman–Crippen MR) is 67.4 cm³/mol. The molecular weight excluding hydrogens is 284 g/mol. The highest BCUT2D eigenvalue weighted by Gasteiger charge is 2.20. The Morgan fingerprint density at radius 1 is 1.24 bits per heavy atom. The van der Waals surface area contributed by atoms with E-state index in [0.717, 1.165) is 35.2 Å². The zero-order valence-electron chi connectivity index (χ0n) is 9.53. The van der Waals surface area contributed by atoms with Crippen LogP contribution in [0, 0.1) is 0 Å². The van der Waals surface area contributed by atoms with Crippen LogP contribution in [0.3, 0.4) is 0 Å². The van der Waals surface area contributed by atoms with Crippen molar-refractivity contribution in [3.05, 3.63) is 40.3 Å². The van der Waals surface area contributed by atoms with Crippen LogP contribution >= 0.6 is 15.9 Å². The summed E-state index contributed by atoms with van der Waals surface area (Å²) in [7, 11) is 0. The van der Waals surface area contributed by atoms with Gasteiger partial charge in [-0.1, -0.05) is 12.1 Å². The lowest BCUT2D eigenvalue weighted by Crippen LogP contribution is -2.02. The SMILES string of the molecule is CC(=O)OC1=C(Oc2ccccc2Br)CCC1. The van der Waals surface area contributed by atoms with Crippen molar-refractivity contribution in [2.24, 2.45) is 0 Å². The number of benzene rings is 1. The van der Waals surface area contributed by atoms with Crippen LogP contribution in [0.1, 0.15) is 26.2 Å². The molecule has 0 fully saturated rings. The molecule has 1 aliphatic carbocycles. The summed E-state index contributed by atoms with van der Waals surface area (Å²) in [6.45, 7) is 1.40. The van der Waals surface area contributed by atoms with Gasteiger partial charge in [0.1, 0.15) is 17.3 Å². The maximum atomic E-state index is 10.9. The molecule has 3 nitrogen and oxygen atoms in total. The van der Waals surface area contributed by atoms with Gasteiger partial charge in [-0.25, -0.2) is 0 Å². The Labute approximate surface area is 109 Å². The highest BCUT2D eigenvalue weighted by Crippen LogP contribution is 2.32. The zero-order chi connectivity index (χ0) is 12.3. The average Bonchev–Trinajstić information content (AvgIpc) is 2.68. The van der Waals surface area contributed by atoms with Crippen LogP contribution in [-0.2, 0) is 9.53 Å². The highest BCUT2D eigenvalue weighted by atomic mass is 79.9. The van der Waals surface area contributed by atoms with Gasteiger partial charge in [-0.05, 0) is 34.5 Å². The summed E-state index contributed by atoms with van der Waals surface area (Å²) in [5, 5.41) is 0. The van der Waals surface area contributed by atoms with Gasteiger partial charge in [0.25, 0.3) is 0 Å². The van der Waals surface area contributed by atoms with Crippen molar-refractivity contribution in [2.75, 3.05) is 0 Å². The number of rotatable bonds is 3. The van der Waals surface area contributed by atoms with Gasteiger partial charge in [0.15, 0.2) is 0 Å². The molecule has 17 heavy (non-hydrogen) atoms. The number of carbonyl (C=O) groups is 1. The average molecular weight is 297 g/mol. The molecule has 0 bridgehead atoms. The highest BCUT2D eigenvalue weighted by molar-refractivity contribution is 9.10. The van der Waals surface area contributed by atoms with Crippen LogP contribution in [0.2, 0.25) is 0 Å². The van der Waals surface area contributed by atoms with E-state index in [4.69, 9.17) is 9.47 Å². The Balaban J connectivity index is 2.17. The molecule has 90 valence electrons. The fourth-order valence-corrected chi connectivity index (χ4v) is 2.10. The van der Waals surface area contributed by atoms with Gasteiger partial charge in [-0.3, -0.25) is 4.79 Å². The van der Waals surface area contributed by atoms with E-state index in [9.17, 15) is 4.79 Å². The molecule has 0 atom stereocenters. The zero-order valence-corrected chi connectivity index (χ0v) is 11.1. The number of hydrogen-bond donors (Lipinski definition) is 0. The lowest BCUT2D eigenvalue weighted by Gasteiger charge is -2.10. The Morgan fingerprint density at radius 2 is 1.94 bits per heavy atom. The number of para-hydroxylation sites is 1. The smallest absolute Gasteiger partial charge is 0.307 e.